The van der Waals surface area contributed by atoms with E-state index in [0.717, 1.165) is 17.7 Å². The van der Waals surface area contributed by atoms with E-state index in [1.54, 1.807) is 25.1 Å². The summed E-state index contributed by atoms with van der Waals surface area (Å²) in [5.41, 5.74) is 2.67. The minimum absolute atomic E-state index is 0.180. The van der Waals surface area contributed by atoms with E-state index in [1.165, 1.54) is 6.07 Å². The van der Waals surface area contributed by atoms with Crippen LogP contribution in [0.2, 0.25) is 0 Å². The molecule has 1 aliphatic rings. The maximum Gasteiger partial charge on any atom is 0.263 e. The molecular weight excluding hydrogens is 376 g/mol. The first-order valence-electron chi connectivity index (χ1n) is 8.97. The molecule has 28 heavy (non-hydrogen) atoms. The summed E-state index contributed by atoms with van der Waals surface area (Å²) < 4.78 is 26.7. The maximum absolute atomic E-state index is 12.5. The minimum atomic E-state index is -3.62. The molecule has 0 radical (unpaired) electrons. The van der Waals surface area contributed by atoms with Crippen LogP contribution in [-0.2, 0) is 27.9 Å². The van der Waals surface area contributed by atoms with Crippen molar-refractivity contribution in [1.82, 2.24) is 14.9 Å². The number of aliphatic imine (C=N–C) groups is 1. The van der Waals surface area contributed by atoms with Gasteiger partial charge in [0.2, 0.25) is 5.91 Å². The SMILES string of the molecule is C[C@H](N=C1NS(=O)(=O)c2ccccc21)C(=O)NCc1ccccc1CN(C)C. The molecule has 3 rings (SSSR count). The van der Waals surface area contributed by atoms with Crippen molar-refractivity contribution in [1.29, 1.82) is 0 Å². The Hall–Kier alpha value is -2.71. The number of carbonyl (C=O) groups is 1. The van der Waals surface area contributed by atoms with Crippen molar-refractivity contribution in [3.05, 3.63) is 65.2 Å². The molecule has 148 valence electrons. The van der Waals surface area contributed by atoms with Crippen molar-refractivity contribution >= 4 is 21.8 Å². The van der Waals surface area contributed by atoms with Crippen molar-refractivity contribution in [2.24, 2.45) is 4.99 Å². The van der Waals surface area contributed by atoms with Gasteiger partial charge in [0.05, 0.1) is 4.90 Å². The molecule has 0 saturated carbocycles. The molecule has 0 saturated heterocycles. The van der Waals surface area contributed by atoms with Crippen LogP contribution in [0.4, 0.5) is 0 Å². The van der Waals surface area contributed by atoms with E-state index in [9.17, 15) is 13.2 Å². The van der Waals surface area contributed by atoms with Crippen molar-refractivity contribution in [2.75, 3.05) is 14.1 Å². The number of rotatable bonds is 6. The topological polar surface area (TPSA) is 90.9 Å². The first-order valence-corrected chi connectivity index (χ1v) is 10.5. The molecule has 1 atom stereocenters. The van der Waals surface area contributed by atoms with Crippen LogP contribution in [0, 0.1) is 0 Å². The van der Waals surface area contributed by atoms with Gasteiger partial charge in [-0.15, -0.1) is 0 Å². The number of hydrogen-bond donors (Lipinski definition) is 2. The molecule has 8 heteroatoms. The van der Waals surface area contributed by atoms with Crippen LogP contribution in [-0.4, -0.2) is 45.2 Å². The molecule has 2 N–H and O–H groups in total. The Morgan fingerprint density at radius 3 is 2.46 bits per heavy atom. The predicted octanol–water partition coefficient (Wildman–Crippen LogP) is 1.49. The molecule has 0 bridgehead atoms. The standard InChI is InChI=1S/C20H24N4O3S/c1-14(22-19-17-10-6-7-11-18(17)28(26,27)23-19)20(25)21-12-15-8-4-5-9-16(15)13-24(2)3/h4-11,14H,12-13H2,1-3H3,(H,21,25)(H,22,23)/t14-/m0/s1. The second-order valence-electron chi connectivity index (χ2n) is 6.98. The summed E-state index contributed by atoms with van der Waals surface area (Å²) in [6.07, 6.45) is 0. The van der Waals surface area contributed by atoms with Gasteiger partial charge in [-0.2, -0.15) is 0 Å². The molecule has 0 fully saturated rings. The van der Waals surface area contributed by atoms with E-state index in [2.05, 4.69) is 19.9 Å². The maximum atomic E-state index is 12.5. The molecule has 0 aromatic heterocycles. The summed E-state index contributed by atoms with van der Waals surface area (Å²) in [5.74, 6) is -0.0676. The van der Waals surface area contributed by atoms with Crippen LogP contribution in [0.25, 0.3) is 0 Å². The lowest BCUT2D eigenvalue weighted by molar-refractivity contribution is -0.122. The highest BCUT2D eigenvalue weighted by molar-refractivity contribution is 7.90. The van der Waals surface area contributed by atoms with E-state index in [-0.39, 0.29) is 16.6 Å². The van der Waals surface area contributed by atoms with Crippen LogP contribution in [0.3, 0.4) is 0 Å². The molecule has 0 spiro atoms. The smallest absolute Gasteiger partial charge is 0.263 e. The summed E-state index contributed by atoms with van der Waals surface area (Å²) in [6.45, 7) is 2.81. The summed E-state index contributed by atoms with van der Waals surface area (Å²) in [4.78, 5) is 19.1. The van der Waals surface area contributed by atoms with Gasteiger partial charge in [0.1, 0.15) is 11.9 Å². The first kappa shape index (κ1) is 20.0. The lowest BCUT2D eigenvalue weighted by Crippen LogP contribution is -2.33. The average Bonchev–Trinajstić information content (AvgIpc) is 2.91. The quantitative estimate of drug-likeness (QED) is 0.769. The van der Waals surface area contributed by atoms with Gasteiger partial charge in [-0.3, -0.25) is 14.5 Å². The van der Waals surface area contributed by atoms with Gasteiger partial charge in [0.25, 0.3) is 10.0 Å². The fourth-order valence-electron chi connectivity index (χ4n) is 3.04. The third-order valence-electron chi connectivity index (χ3n) is 4.42. The largest absolute Gasteiger partial charge is 0.350 e. The summed E-state index contributed by atoms with van der Waals surface area (Å²) in [5, 5.41) is 2.89. The number of hydrogen-bond acceptors (Lipinski definition) is 5. The van der Waals surface area contributed by atoms with Crippen LogP contribution < -0.4 is 10.0 Å². The Kier molecular flexibility index (Phi) is 5.81. The third kappa shape index (κ3) is 4.40. The highest BCUT2D eigenvalue weighted by Crippen LogP contribution is 2.22. The molecular formula is C20H24N4O3S. The fraction of sp³-hybridized carbons (Fsp3) is 0.300. The number of benzene rings is 2. The Morgan fingerprint density at radius 1 is 1.11 bits per heavy atom. The molecule has 1 amide bonds. The minimum Gasteiger partial charge on any atom is -0.350 e. The number of nitrogens with zero attached hydrogens (tertiary/aromatic N) is 2. The zero-order valence-electron chi connectivity index (χ0n) is 16.1. The Balaban J connectivity index is 1.71. The highest BCUT2D eigenvalue weighted by Gasteiger charge is 2.31. The van der Waals surface area contributed by atoms with E-state index in [0.29, 0.717) is 12.1 Å². The molecule has 0 aliphatic carbocycles. The second-order valence-corrected chi connectivity index (χ2v) is 8.63. The highest BCUT2D eigenvalue weighted by atomic mass is 32.2. The van der Waals surface area contributed by atoms with Crippen molar-refractivity contribution in [3.63, 3.8) is 0 Å². The van der Waals surface area contributed by atoms with Gasteiger partial charge < -0.3 is 10.2 Å². The zero-order chi connectivity index (χ0) is 20.3. The number of sulfonamides is 1. The van der Waals surface area contributed by atoms with Crippen LogP contribution in [0.15, 0.2) is 58.4 Å². The molecule has 1 aliphatic heterocycles. The summed E-state index contributed by atoms with van der Waals surface area (Å²) in [7, 11) is 0.372. The number of nitrogens with one attached hydrogen (secondary N) is 2. The van der Waals surface area contributed by atoms with Gasteiger partial charge >= 0.3 is 0 Å². The lowest BCUT2D eigenvalue weighted by Gasteiger charge is -2.15. The molecule has 2 aromatic rings. The van der Waals surface area contributed by atoms with Gasteiger partial charge in [-0.1, -0.05) is 36.4 Å². The fourth-order valence-corrected chi connectivity index (χ4v) is 4.28. The number of amides is 1. The van der Waals surface area contributed by atoms with Gasteiger partial charge in [0, 0.05) is 18.7 Å². The van der Waals surface area contributed by atoms with Crippen LogP contribution >= 0.6 is 0 Å². The van der Waals surface area contributed by atoms with Crippen LogP contribution in [0.1, 0.15) is 23.6 Å². The molecule has 1 heterocycles. The molecule has 0 unspecified atom stereocenters. The lowest BCUT2D eigenvalue weighted by atomic mass is 10.1. The van der Waals surface area contributed by atoms with Crippen molar-refractivity contribution in [3.8, 4) is 0 Å². The van der Waals surface area contributed by atoms with Crippen molar-refractivity contribution < 1.29 is 13.2 Å². The predicted molar refractivity (Wildman–Crippen MR) is 108 cm³/mol. The average molecular weight is 401 g/mol. The summed E-state index contributed by atoms with van der Waals surface area (Å²) >= 11 is 0. The van der Waals surface area contributed by atoms with E-state index >= 15 is 0 Å². The zero-order valence-corrected chi connectivity index (χ0v) is 17.0. The Bertz CT molecular complexity index is 1020. The van der Waals surface area contributed by atoms with E-state index in [4.69, 9.17) is 0 Å². The first-order chi connectivity index (χ1) is 13.3. The number of amidine groups is 1. The normalized spacial score (nSPS) is 17.2. The monoisotopic (exact) mass is 400 g/mol. The van der Waals surface area contributed by atoms with E-state index < -0.39 is 16.1 Å². The number of fused-ring (bicyclic) bond motifs is 1. The Morgan fingerprint density at radius 2 is 1.75 bits per heavy atom. The Labute approximate surface area is 165 Å². The third-order valence-corrected chi connectivity index (χ3v) is 5.82. The number of carbonyl (C=O) groups excluding carboxylic acids is 1. The van der Waals surface area contributed by atoms with Crippen molar-refractivity contribution in [2.45, 2.75) is 31.0 Å². The summed E-state index contributed by atoms with van der Waals surface area (Å²) in [6, 6.07) is 13.8. The second kappa shape index (κ2) is 8.12. The van der Waals surface area contributed by atoms with Gasteiger partial charge in [0.15, 0.2) is 0 Å². The van der Waals surface area contributed by atoms with Gasteiger partial charge in [-0.05, 0) is 44.3 Å². The van der Waals surface area contributed by atoms with E-state index in [1.807, 2.05) is 38.4 Å². The van der Waals surface area contributed by atoms with Crippen LogP contribution in [0.5, 0.6) is 0 Å². The molecule has 2 aromatic carbocycles. The molecule has 7 nitrogen and oxygen atoms in total. The van der Waals surface area contributed by atoms with Gasteiger partial charge in [-0.25, -0.2) is 8.42 Å².